The summed E-state index contributed by atoms with van der Waals surface area (Å²) in [6, 6.07) is 4.70. The van der Waals surface area contributed by atoms with Crippen molar-refractivity contribution in [2.24, 2.45) is 0 Å². The molecular weight excluding hydrogens is 419 g/mol. The average molecular weight is 440 g/mol. The van der Waals surface area contributed by atoms with Gasteiger partial charge >= 0.3 is 0 Å². The van der Waals surface area contributed by atoms with Crippen LogP contribution in [0.15, 0.2) is 54.3 Å². The van der Waals surface area contributed by atoms with E-state index in [9.17, 15) is 19.1 Å². The van der Waals surface area contributed by atoms with Gasteiger partial charge in [-0.1, -0.05) is 12.1 Å². The van der Waals surface area contributed by atoms with Gasteiger partial charge in [0.15, 0.2) is 0 Å². The summed E-state index contributed by atoms with van der Waals surface area (Å²) in [4.78, 5) is 35.2. The summed E-state index contributed by atoms with van der Waals surface area (Å²) < 4.78 is 15.5. The highest BCUT2D eigenvalue weighted by molar-refractivity contribution is 7.14. The lowest BCUT2D eigenvalue weighted by molar-refractivity contribution is -0.695. The van der Waals surface area contributed by atoms with E-state index in [0.717, 1.165) is 0 Å². The van der Waals surface area contributed by atoms with Crippen LogP contribution in [-0.4, -0.2) is 33.1 Å². The predicted octanol–water partition coefficient (Wildman–Crippen LogP) is 1.99. The standard InChI is InChI=1S/C22H21FN4O3S/c1-13-21(31-14(2)25-13)19(28)17-18(15-4-6-16(23)7-5-15)27(22(30)20(17)29)10-3-9-26-11-8-24-12-26/h4-8,11-12,18H,3,9-10H2,1-2H3,(H,28,29). The summed E-state index contributed by atoms with van der Waals surface area (Å²) in [6.45, 7) is 4.40. The first kappa shape index (κ1) is 20.9. The Labute approximate surface area is 182 Å². The number of thiazole rings is 1. The molecule has 160 valence electrons. The lowest BCUT2D eigenvalue weighted by Gasteiger charge is -2.27. The van der Waals surface area contributed by atoms with Gasteiger partial charge in [0.25, 0.3) is 0 Å². The van der Waals surface area contributed by atoms with Gasteiger partial charge in [-0.2, -0.15) is 0 Å². The zero-order valence-corrected chi connectivity index (χ0v) is 17.9. The van der Waals surface area contributed by atoms with E-state index >= 15 is 0 Å². The molecule has 1 atom stereocenters. The SMILES string of the molecule is Cc1nc(C)c(C(=O)C2=C([O-])C(=O)N(CCC[n+]3cc[nH]c3)C2c2ccc(F)cc2)s1. The number of carbonyl (C=O) groups is 2. The normalized spacial score (nSPS) is 16.4. The highest BCUT2D eigenvalue weighted by atomic mass is 32.1. The van der Waals surface area contributed by atoms with Crippen LogP contribution in [0, 0.1) is 19.7 Å². The highest BCUT2D eigenvalue weighted by Gasteiger charge is 2.40. The first-order valence-corrected chi connectivity index (χ1v) is 10.7. The minimum atomic E-state index is -0.855. The third-order valence-electron chi connectivity index (χ3n) is 5.24. The summed E-state index contributed by atoms with van der Waals surface area (Å²) in [6.07, 6.45) is 6.03. The summed E-state index contributed by atoms with van der Waals surface area (Å²) in [5, 5.41) is 13.6. The smallest absolute Gasteiger partial charge is 0.241 e. The molecule has 1 aliphatic rings. The molecule has 1 aliphatic heterocycles. The molecule has 1 unspecified atom stereocenters. The van der Waals surface area contributed by atoms with Gasteiger partial charge in [0.2, 0.25) is 18.0 Å². The van der Waals surface area contributed by atoms with Crippen LogP contribution < -0.4 is 9.67 Å². The maximum Gasteiger partial charge on any atom is 0.241 e. The fraction of sp³-hybridized carbons (Fsp3) is 0.273. The zero-order valence-electron chi connectivity index (χ0n) is 17.1. The molecule has 0 fully saturated rings. The zero-order chi connectivity index (χ0) is 22.1. The largest absolute Gasteiger partial charge is 0.868 e. The number of hydrogen-bond donors (Lipinski definition) is 1. The van der Waals surface area contributed by atoms with Crippen molar-refractivity contribution in [3.05, 3.63) is 81.3 Å². The monoisotopic (exact) mass is 440 g/mol. The van der Waals surface area contributed by atoms with Crippen molar-refractivity contribution in [2.75, 3.05) is 6.54 Å². The van der Waals surface area contributed by atoms with Crippen molar-refractivity contribution < 1.29 is 23.7 Å². The van der Waals surface area contributed by atoms with Gasteiger partial charge in [-0.15, -0.1) is 11.3 Å². The molecule has 9 heteroatoms. The van der Waals surface area contributed by atoms with Gasteiger partial charge in [-0.25, -0.2) is 13.9 Å². The molecule has 0 saturated heterocycles. The number of H-pyrrole nitrogens is 1. The van der Waals surface area contributed by atoms with Crippen LogP contribution in [0.5, 0.6) is 0 Å². The van der Waals surface area contributed by atoms with E-state index in [1.54, 1.807) is 26.4 Å². The molecule has 1 N–H and O–H groups in total. The van der Waals surface area contributed by atoms with E-state index in [2.05, 4.69) is 9.97 Å². The van der Waals surface area contributed by atoms with Crippen LogP contribution in [0.1, 0.15) is 38.4 Å². The second-order valence-corrected chi connectivity index (χ2v) is 8.58. The quantitative estimate of drug-likeness (QED) is 0.449. The Kier molecular flexibility index (Phi) is 5.69. The number of hydrogen-bond acceptors (Lipinski definition) is 5. The molecule has 7 nitrogen and oxygen atoms in total. The summed E-state index contributed by atoms with van der Waals surface area (Å²) in [5.74, 6) is -2.44. The maximum absolute atomic E-state index is 13.5. The Hall–Kier alpha value is -3.33. The fourth-order valence-electron chi connectivity index (χ4n) is 3.84. The maximum atomic E-state index is 13.5. The van der Waals surface area contributed by atoms with Crippen molar-refractivity contribution in [2.45, 2.75) is 32.9 Å². The molecule has 0 bridgehead atoms. The average Bonchev–Trinajstić information content (AvgIpc) is 3.43. The molecule has 3 heterocycles. The Morgan fingerprint density at radius 1 is 1.32 bits per heavy atom. The second kappa shape index (κ2) is 8.43. The number of aromatic amines is 1. The minimum Gasteiger partial charge on any atom is -0.868 e. The van der Waals surface area contributed by atoms with E-state index in [4.69, 9.17) is 0 Å². The lowest BCUT2D eigenvalue weighted by atomic mass is 9.95. The van der Waals surface area contributed by atoms with Gasteiger partial charge in [0.1, 0.15) is 18.2 Å². The Bertz CT molecular complexity index is 1150. The lowest BCUT2D eigenvalue weighted by Crippen LogP contribution is -2.37. The van der Waals surface area contributed by atoms with Crippen LogP contribution in [0.3, 0.4) is 0 Å². The predicted molar refractivity (Wildman–Crippen MR) is 109 cm³/mol. The van der Waals surface area contributed by atoms with Crippen molar-refractivity contribution in [3.63, 3.8) is 0 Å². The number of benzene rings is 1. The van der Waals surface area contributed by atoms with Crippen molar-refractivity contribution in [3.8, 4) is 0 Å². The van der Waals surface area contributed by atoms with Gasteiger partial charge in [0.05, 0.1) is 28.2 Å². The van der Waals surface area contributed by atoms with Crippen LogP contribution >= 0.6 is 11.3 Å². The van der Waals surface area contributed by atoms with E-state index < -0.39 is 29.3 Å². The number of amides is 1. The number of rotatable bonds is 7. The van der Waals surface area contributed by atoms with E-state index in [1.165, 1.54) is 40.5 Å². The van der Waals surface area contributed by atoms with Crippen molar-refractivity contribution in [1.82, 2.24) is 14.9 Å². The second-order valence-electron chi connectivity index (χ2n) is 7.37. The van der Waals surface area contributed by atoms with E-state index in [-0.39, 0.29) is 12.1 Å². The molecule has 31 heavy (non-hydrogen) atoms. The molecular formula is C22H21FN4O3S. The molecule has 0 radical (unpaired) electrons. The Morgan fingerprint density at radius 3 is 2.68 bits per heavy atom. The molecule has 3 aromatic rings. The third kappa shape index (κ3) is 4.00. The van der Waals surface area contributed by atoms with Crippen molar-refractivity contribution >= 4 is 23.0 Å². The van der Waals surface area contributed by atoms with Crippen LogP contribution in [-0.2, 0) is 11.3 Å². The third-order valence-corrected chi connectivity index (χ3v) is 6.31. The molecule has 4 rings (SSSR count). The number of imidazole rings is 1. The summed E-state index contributed by atoms with van der Waals surface area (Å²) >= 11 is 1.20. The van der Waals surface area contributed by atoms with Gasteiger partial charge in [0, 0.05) is 18.5 Å². The van der Waals surface area contributed by atoms with Gasteiger partial charge in [-0.05, 0) is 37.3 Å². The molecule has 1 aromatic carbocycles. The number of aryl methyl sites for hydroxylation is 3. The molecule has 1 amide bonds. The molecule has 2 aromatic heterocycles. The number of Topliss-reactive ketones (excluding diaryl/α,β-unsaturated/α-hetero) is 1. The molecule has 0 saturated carbocycles. The van der Waals surface area contributed by atoms with Crippen molar-refractivity contribution in [1.29, 1.82) is 0 Å². The highest BCUT2D eigenvalue weighted by Crippen LogP contribution is 2.39. The number of ketones is 1. The number of nitrogens with one attached hydrogen (secondary N) is 1. The topological polar surface area (TPSA) is 93.0 Å². The van der Waals surface area contributed by atoms with Crippen LogP contribution in [0.2, 0.25) is 0 Å². The first-order chi connectivity index (χ1) is 14.9. The van der Waals surface area contributed by atoms with Gasteiger partial charge in [-0.3, -0.25) is 14.6 Å². The number of aromatic nitrogens is 3. The number of nitrogens with zero attached hydrogens (tertiary/aromatic N) is 3. The van der Waals surface area contributed by atoms with E-state index in [1.807, 2.05) is 10.8 Å². The van der Waals surface area contributed by atoms with Gasteiger partial charge < -0.3 is 10.0 Å². The number of halogens is 1. The Balaban J connectivity index is 1.69. The van der Waals surface area contributed by atoms with Crippen LogP contribution in [0.4, 0.5) is 4.39 Å². The fourth-order valence-corrected chi connectivity index (χ4v) is 4.71. The summed E-state index contributed by atoms with van der Waals surface area (Å²) in [5.41, 5.74) is 0.954. The first-order valence-electron chi connectivity index (χ1n) is 9.85. The summed E-state index contributed by atoms with van der Waals surface area (Å²) in [7, 11) is 0. The van der Waals surface area contributed by atoms with Crippen LogP contribution in [0.25, 0.3) is 0 Å². The van der Waals surface area contributed by atoms with E-state index in [0.29, 0.717) is 34.1 Å². The molecule has 0 aliphatic carbocycles. The Morgan fingerprint density at radius 2 is 2.06 bits per heavy atom. The molecule has 0 spiro atoms. The minimum absolute atomic E-state index is 0.0994. The number of carbonyl (C=O) groups excluding carboxylic acids is 2.